The Morgan fingerprint density at radius 3 is 2.65 bits per heavy atom. The van der Waals surface area contributed by atoms with Crippen molar-refractivity contribution < 1.29 is 0 Å². The van der Waals surface area contributed by atoms with Crippen LogP contribution in [0.15, 0.2) is 61.1 Å². The number of nitrogens with one attached hydrogen (secondary N) is 1. The highest BCUT2D eigenvalue weighted by atomic mass is 15.2. The summed E-state index contributed by atoms with van der Waals surface area (Å²) in [7, 11) is 1.91. The summed E-state index contributed by atoms with van der Waals surface area (Å²) in [4.78, 5) is 16.0. The summed E-state index contributed by atoms with van der Waals surface area (Å²) in [6.45, 7) is 1.97. The van der Waals surface area contributed by atoms with Gasteiger partial charge >= 0.3 is 0 Å². The number of likely N-dealkylation sites (tertiary alicyclic amines) is 1. The summed E-state index contributed by atoms with van der Waals surface area (Å²) in [6, 6.07) is 14.8. The molecular formula is C21H23N5. The Labute approximate surface area is 154 Å². The third-order valence-corrected chi connectivity index (χ3v) is 4.91. The maximum absolute atomic E-state index is 4.56. The Kier molecular flexibility index (Phi) is 4.88. The van der Waals surface area contributed by atoms with Crippen LogP contribution < -0.4 is 5.32 Å². The molecule has 0 radical (unpaired) electrons. The van der Waals surface area contributed by atoms with E-state index in [0.29, 0.717) is 6.04 Å². The van der Waals surface area contributed by atoms with Crippen molar-refractivity contribution >= 4 is 5.82 Å². The van der Waals surface area contributed by atoms with E-state index in [4.69, 9.17) is 0 Å². The van der Waals surface area contributed by atoms with Crippen LogP contribution in [0.3, 0.4) is 0 Å². The average molecular weight is 345 g/mol. The predicted molar refractivity (Wildman–Crippen MR) is 104 cm³/mol. The topological polar surface area (TPSA) is 53.9 Å². The molecule has 0 bridgehead atoms. The van der Waals surface area contributed by atoms with Gasteiger partial charge in [-0.3, -0.25) is 4.90 Å². The lowest BCUT2D eigenvalue weighted by Crippen LogP contribution is -2.23. The molecule has 1 aromatic carbocycles. The van der Waals surface area contributed by atoms with Gasteiger partial charge in [-0.05, 0) is 37.1 Å². The molecule has 0 unspecified atom stereocenters. The number of pyridine rings is 1. The molecule has 1 atom stereocenters. The minimum atomic E-state index is 0.430. The second kappa shape index (κ2) is 7.62. The number of hydrogen-bond acceptors (Lipinski definition) is 5. The van der Waals surface area contributed by atoms with Gasteiger partial charge in [0.2, 0.25) is 0 Å². The van der Waals surface area contributed by atoms with E-state index in [1.54, 1.807) is 0 Å². The van der Waals surface area contributed by atoms with Crippen LogP contribution in [0.1, 0.15) is 30.0 Å². The molecule has 5 nitrogen and oxygen atoms in total. The number of nitrogens with zero attached hydrogens (tertiary/aromatic N) is 4. The fourth-order valence-electron chi connectivity index (χ4n) is 3.59. The SMILES string of the molecule is CNc1cc([C@H]2CCCN2Cc2cnc(-c3ccccc3)nc2)ccn1. The fourth-order valence-corrected chi connectivity index (χ4v) is 3.59. The van der Waals surface area contributed by atoms with E-state index >= 15 is 0 Å². The van der Waals surface area contributed by atoms with Gasteiger partial charge in [0.15, 0.2) is 5.82 Å². The van der Waals surface area contributed by atoms with Crippen LogP contribution in [-0.2, 0) is 6.54 Å². The third kappa shape index (κ3) is 3.58. The molecule has 1 N–H and O–H groups in total. The van der Waals surface area contributed by atoms with Gasteiger partial charge in [0.1, 0.15) is 5.82 Å². The maximum atomic E-state index is 4.56. The molecule has 132 valence electrons. The highest BCUT2D eigenvalue weighted by molar-refractivity contribution is 5.53. The molecule has 26 heavy (non-hydrogen) atoms. The summed E-state index contributed by atoms with van der Waals surface area (Å²) < 4.78 is 0. The third-order valence-electron chi connectivity index (χ3n) is 4.91. The Hall–Kier alpha value is -2.79. The van der Waals surface area contributed by atoms with Crippen LogP contribution in [0.25, 0.3) is 11.4 Å². The molecule has 1 aliphatic heterocycles. The zero-order valence-corrected chi connectivity index (χ0v) is 15.0. The Balaban J connectivity index is 1.49. The van der Waals surface area contributed by atoms with E-state index in [2.05, 4.69) is 37.3 Å². The van der Waals surface area contributed by atoms with E-state index < -0.39 is 0 Å². The number of benzene rings is 1. The molecule has 0 spiro atoms. The van der Waals surface area contributed by atoms with Gasteiger partial charge in [0.05, 0.1) is 0 Å². The zero-order valence-electron chi connectivity index (χ0n) is 15.0. The first-order valence-electron chi connectivity index (χ1n) is 9.07. The van der Waals surface area contributed by atoms with E-state index in [1.807, 2.05) is 56.0 Å². The number of anilines is 1. The summed E-state index contributed by atoms with van der Waals surface area (Å²) in [5.41, 5.74) is 3.53. The van der Waals surface area contributed by atoms with Crippen molar-refractivity contribution in [2.24, 2.45) is 0 Å². The molecule has 0 aliphatic carbocycles. The molecule has 4 rings (SSSR count). The van der Waals surface area contributed by atoms with Crippen LogP contribution in [0.4, 0.5) is 5.82 Å². The molecule has 0 saturated carbocycles. The van der Waals surface area contributed by atoms with Gasteiger partial charge in [-0.1, -0.05) is 30.3 Å². The van der Waals surface area contributed by atoms with Crippen LogP contribution >= 0.6 is 0 Å². The molecule has 2 aromatic heterocycles. The maximum Gasteiger partial charge on any atom is 0.159 e. The lowest BCUT2D eigenvalue weighted by molar-refractivity contribution is 0.248. The molecule has 1 fully saturated rings. The standard InChI is InChI=1S/C21H23N5/c1-22-20-12-18(9-10-23-20)19-8-5-11-26(19)15-16-13-24-21(25-14-16)17-6-3-2-4-7-17/h2-4,6-7,9-10,12-14,19H,5,8,11,15H2,1H3,(H,22,23)/t19-/m1/s1. The molecule has 3 heterocycles. The Bertz CT molecular complexity index is 848. The van der Waals surface area contributed by atoms with E-state index in [1.165, 1.54) is 18.4 Å². The van der Waals surface area contributed by atoms with Crippen molar-refractivity contribution in [3.05, 3.63) is 72.2 Å². The van der Waals surface area contributed by atoms with Gasteiger partial charge in [0.25, 0.3) is 0 Å². The number of hydrogen-bond donors (Lipinski definition) is 1. The van der Waals surface area contributed by atoms with Gasteiger partial charge in [-0.25, -0.2) is 15.0 Å². The second-order valence-corrected chi connectivity index (χ2v) is 6.63. The molecule has 1 saturated heterocycles. The first kappa shape index (κ1) is 16.7. The molecular weight excluding hydrogens is 322 g/mol. The average Bonchev–Trinajstić information content (AvgIpc) is 3.17. The van der Waals surface area contributed by atoms with Gasteiger partial charge in [0, 0.05) is 49.4 Å². The van der Waals surface area contributed by atoms with Gasteiger partial charge < -0.3 is 5.32 Å². The Morgan fingerprint density at radius 2 is 1.88 bits per heavy atom. The van der Waals surface area contributed by atoms with Crippen LogP contribution in [0, 0.1) is 0 Å². The predicted octanol–water partition coefficient (Wildman–Crippen LogP) is 3.92. The van der Waals surface area contributed by atoms with E-state index in [-0.39, 0.29) is 0 Å². The summed E-state index contributed by atoms with van der Waals surface area (Å²) in [5.74, 6) is 1.70. The van der Waals surface area contributed by atoms with E-state index in [0.717, 1.165) is 35.9 Å². The molecule has 1 aliphatic rings. The van der Waals surface area contributed by atoms with Crippen LogP contribution in [-0.4, -0.2) is 33.4 Å². The Morgan fingerprint density at radius 1 is 1.08 bits per heavy atom. The van der Waals surface area contributed by atoms with Crippen LogP contribution in [0.5, 0.6) is 0 Å². The summed E-state index contributed by atoms with van der Waals surface area (Å²) >= 11 is 0. The largest absolute Gasteiger partial charge is 0.373 e. The molecule has 0 amide bonds. The first-order valence-corrected chi connectivity index (χ1v) is 9.07. The normalized spacial score (nSPS) is 17.3. The lowest BCUT2D eigenvalue weighted by Gasteiger charge is -2.25. The zero-order chi connectivity index (χ0) is 17.8. The van der Waals surface area contributed by atoms with Gasteiger partial charge in [-0.2, -0.15) is 0 Å². The smallest absolute Gasteiger partial charge is 0.159 e. The fraction of sp³-hybridized carbons (Fsp3) is 0.286. The summed E-state index contributed by atoms with van der Waals surface area (Å²) in [5, 5.41) is 3.13. The van der Waals surface area contributed by atoms with Crippen molar-refractivity contribution in [2.75, 3.05) is 18.9 Å². The van der Waals surface area contributed by atoms with Crippen molar-refractivity contribution in [2.45, 2.75) is 25.4 Å². The molecule has 3 aromatic rings. The van der Waals surface area contributed by atoms with Crippen LogP contribution in [0.2, 0.25) is 0 Å². The second-order valence-electron chi connectivity index (χ2n) is 6.63. The van der Waals surface area contributed by atoms with Gasteiger partial charge in [-0.15, -0.1) is 0 Å². The van der Waals surface area contributed by atoms with Crippen molar-refractivity contribution in [3.63, 3.8) is 0 Å². The minimum absolute atomic E-state index is 0.430. The van der Waals surface area contributed by atoms with E-state index in [9.17, 15) is 0 Å². The minimum Gasteiger partial charge on any atom is -0.373 e. The first-order chi connectivity index (χ1) is 12.8. The van der Waals surface area contributed by atoms with Crippen molar-refractivity contribution in [3.8, 4) is 11.4 Å². The molecule has 5 heteroatoms. The lowest BCUT2D eigenvalue weighted by atomic mass is 10.1. The number of rotatable bonds is 5. The summed E-state index contributed by atoms with van der Waals surface area (Å²) in [6.07, 6.45) is 8.18. The van der Waals surface area contributed by atoms with Crippen molar-refractivity contribution in [1.29, 1.82) is 0 Å². The quantitative estimate of drug-likeness (QED) is 0.760. The number of aromatic nitrogens is 3. The van der Waals surface area contributed by atoms with Crippen molar-refractivity contribution in [1.82, 2.24) is 19.9 Å². The highest BCUT2D eigenvalue weighted by Gasteiger charge is 2.26. The monoisotopic (exact) mass is 345 g/mol. The highest BCUT2D eigenvalue weighted by Crippen LogP contribution is 2.33.